The van der Waals surface area contributed by atoms with E-state index in [1.807, 2.05) is 0 Å². The molecular formula is C14H12BN3O5S. The molecule has 0 saturated heterocycles. The first-order valence-electron chi connectivity index (χ1n) is 7.10. The number of rotatable bonds is 3. The van der Waals surface area contributed by atoms with E-state index < -0.39 is 22.8 Å². The van der Waals surface area contributed by atoms with Crippen LogP contribution in [0.4, 0.5) is 5.69 Å². The van der Waals surface area contributed by atoms with Gasteiger partial charge in [0.2, 0.25) is 0 Å². The number of nitrogens with one attached hydrogen (secondary N) is 3. The van der Waals surface area contributed by atoms with Gasteiger partial charge in [0.05, 0.1) is 22.5 Å². The molecule has 0 unspecified atom stereocenters. The van der Waals surface area contributed by atoms with Crippen LogP contribution in [0.25, 0.3) is 11.0 Å². The molecule has 0 radical (unpaired) electrons. The highest BCUT2D eigenvalue weighted by molar-refractivity contribution is 7.92. The summed E-state index contributed by atoms with van der Waals surface area (Å²) >= 11 is 0. The van der Waals surface area contributed by atoms with Crippen LogP contribution in [0.1, 0.15) is 5.56 Å². The van der Waals surface area contributed by atoms with Gasteiger partial charge in [-0.2, -0.15) is 0 Å². The highest BCUT2D eigenvalue weighted by atomic mass is 32.2. The van der Waals surface area contributed by atoms with Crippen LogP contribution in [0.15, 0.2) is 46.1 Å². The van der Waals surface area contributed by atoms with Gasteiger partial charge in [-0.05, 0) is 41.4 Å². The van der Waals surface area contributed by atoms with Crippen LogP contribution in [0.3, 0.4) is 0 Å². The Kier molecular flexibility index (Phi) is 3.27. The molecule has 0 bridgehead atoms. The summed E-state index contributed by atoms with van der Waals surface area (Å²) in [4.78, 5) is 16.4. The number of benzene rings is 2. The fourth-order valence-corrected chi connectivity index (χ4v) is 3.75. The third kappa shape index (κ3) is 2.50. The molecule has 0 fully saturated rings. The van der Waals surface area contributed by atoms with Crippen molar-refractivity contribution in [2.45, 2.75) is 11.5 Å². The van der Waals surface area contributed by atoms with Gasteiger partial charge < -0.3 is 19.6 Å². The van der Waals surface area contributed by atoms with E-state index >= 15 is 0 Å². The molecule has 10 heteroatoms. The summed E-state index contributed by atoms with van der Waals surface area (Å²) in [7, 11) is -4.89. The predicted octanol–water partition coefficient (Wildman–Crippen LogP) is -0.125. The lowest BCUT2D eigenvalue weighted by molar-refractivity contribution is 0.275. The summed E-state index contributed by atoms with van der Waals surface area (Å²) < 4.78 is 32.6. The lowest BCUT2D eigenvalue weighted by Crippen LogP contribution is -2.28. The Morgan fingerprint density at radius 1 is 1.12 bits per heavy atom. The number of hydrogen-bond donors (Lipinski definition) is 4. The van der Waals surface area contributed by atoms with E-state index in [1.165, 1.54) is 18.2 Å². The second-order valence-corrected chi connectivity index (χ2v) is 7.15. The van der Waals surface area contributed by atoms with Crippen molar-refractivity contribution in [3.63, 3.8) is 0 Å². The van der Waals surface area contributed by atoms with Gasteiger partial charge in [-0.3, -0.25) is 4.72 Å². The molecule has 2 aromatic carbocycles. The molecule has 0 saturated carbocycles. The summed E-state index contributed by atoms with van der Waals surface area (Å²) in [6, 6.07) is 9.15. The third-order valence-electron chi connectivity index (χ3n) is 3.86. The maximum absolute atomic E-state index is 12.5. The molecule has 0 amide bonds. The summed E-state index contributed by atoms with van der Waals surface area (Å²) in [5, 5.41) is 9.71. The number of H-pyrrole nitrogens is 2. The quantitative estimate of drug-likeness (QED) is 0.493. The van der Waals surface area contributed by atoms with Gasteiger partial charge in [-0.1, -0.05) is 6.07 Å². The number of imidazole rings is 1. The summed E-state index contributed by atoms with van der Waals surface area (Å²) in [6.07, 6.45) is 0. The second kappa shape index (κ2) is 5.23. The maximum atomic E-state index is 12.5. The third-order valence-corrected chi connectivity index (χ3v) is 5.24. The number of sulfonamides is 1. The van der Waals surface area contributed by atoms with Crippen molar-refractivity contribution in [3.8, 4) is 0 Å². The number of anilines is 1. The number of fused-ring (bicyclic) bond motifs is 2. The van der Waals surface area contributed by atoms with Crippen LogP contribution >= 0.6 is 0 Å². The van der Waals surface area contributed by atoms with Crippen molar-refractivity contribution in [3.05, 3.63) is 52.4 Å². The first-order chi connectivity index (χ1) is 11.4. The Morgan fingerprint density at radius 3 is 2.75 bits per heavy atom. The van der Waals surface area contributed by atoms with Gasteiger partial charge >= 0.3 is 12.8 Å². The van der Waals surface area contributed by atoms with Gasteiger partial charge in [0.1, 0.15) is 0 Å². The number of aromatic amines is 2. The molecule has 8 nitrogen and oxygen atoms in total. The Morgan fingerprint density at radius 2 is 1.92 bits per heavy atom. The first-order valence-corrected chi connectivity index (χ1v) is 8.58. The van der Waals surface area contributed by atoms with Crippen molar-refractivity contribution in [2.75, 3.05) is 4.72 Å². The summed E-state index contributed by atoms with van der Waals surface area (Å²) in [6.45, 7) is 0.293. The Hall–Kier alpha value is -2.56. The topological polar surface area (TPSA) is 124 Å². The van der Waals surface area contributed by atoms with E-state index in [1.54, 1.807) is 18.2 Å². The SMILES string of the molecule is O=c1[nH]c2ccc(S(=O)(=O)Nc3ccc4c(c3)B(O)OC4)cc2[nH]1. The van der Waals surface area contributed by atoms with Crippen molar-refractivity contribution in [1.82, 2.24) is 9.97 Å². The number of hydrogen-bond acceptors (Lipinski definition) is 5. The fourth-order valence-electron chi connectivity index (χ4n) is 2.67. The lowest BCUT2D eigenvalue weighted by Gasteiger charge is -2.09. The van der Waals surface area contributed by atoms with Crippen LogP contribution in [0.5, 0.6) is 0 Å². The highest BCUT2D eigenvalue weighted by Gasteiger charge is 2.28. The van der Waals surface area contributed by atoms with Crippen LogP contribution in [-0.2, 0) is 21.3 Å². The average molecular weight is 345 g/mol. The zero-order chi connectivity index (χ0) is 16.9. The highest BCUT2D eigenvalue weighted by Crippen LogP contribution is 2.20. The van der Waals surface area contributed by atoms with Crippen molar-refractivity contribution >= 4 is 39.3 Å². The Bertz CT molecular complexity index is 1110. The van der Waals surface area contributed by atoms with E-state index in [-0.39, 0.29) is 4.90 Å². The molecule has 24 heavy (non-hydrogen) atoms. The zero-order valence-electron chi connectivity index (χ0n) is 12.2. The van der Waals surface area contributed by atoms with Crippen molar-refractivity contribution in [2.24, 2.45) is 0 Å². The molecule has 2 heterocycles. The van der Waals surface area contributed by atoms with E-state index in [4.69, 9.17) is 4.65 Å². The summed E-state index contributed by atoms with van der Waals surface area (Å²) in [5.74, 6) is 0. The Balaban J connectivity index is 1.69. The van der Waals surface area contributed by atoms with Gasteiger partial charge in [0.25, 0.3) is 10.0 Å². The fraction of sp³-hybridized carbons (Fsp3) is 0.0714. The molecule has 4 rings (SSSR count). The van der Waals surface area contributed by atoms with E-state index in [0.29, 0.717) is 28.8 Å². The minimum Gasteiger partial charge on any atom is -0.423 e. The van der Waals surface area contributed by atoms with Crippen LogP contribution < -0.4 is 15.9 Å². The van der Waals surface area contributed by atoms with Gasteiger partial charge in [0, 0.05) is 5.69 Å². The van der Waals surface area contributed by atoms with E-state index in [2.05, 4.69) is 14.7 Å². The molecule has 0 atom stereocenters. The molecule has 0 spiro atoms. The molecule has 3 aromatic rings. The molecule has 122 valence electrons. The average Bonchev–Trinajstić information content (AvgIpc) is 3.08. The molecule has 1 aromatic heterocycles. The zero-order valence-corrected chi connectivity index (χ0v) is 13.1. The van der Waals surface area contributed by atoms with Gasteiger partial charge in [-0.25, -0.2) is 13.2 Å². The monoisotopic (exact) mass is 345 g/mol. The van der Waals surface area contributed by atoms with Crippen molar-refractivity contribution < 1.29 is 18.1 Å². The van der Waals surface area contributed by atoms with E-state index in [9.17, 15) is 18.2 Å². The van der Waals surface area contributed by atoms with Crippen molar-refractivity contribution in [1.29, 1.82) is 0 Å². The first kappa shape index (κ1) is 15.0. The smallest absolute Gasteiger partial charge is 0.423 e. The molecule has 0 aliphatic carbocycles. The molecule has 1 aliphatic rings. The molecular weight excluding hydrogens is 333 g/mol. The Labute approximate surface area is 136 Å². The normalized spacial score (nSPS) is 14.1. The van der Waals surface area contributed by atoms with Crippen LogP contribution in [0, 0.1) is 0 Å². The largest absolute Gasteiger partial charge is 0.491 e. The second-order valence-electron chi connectivity index (χ2n) is 5.47. The minimum absolute atomic E-state index is 0.0162. The van der Waals surface area contributed by atoms with Crippen LogP contribution in [-0.4, -0.2) is 30.5 Å². The van der Waals surface area contributed by atoms with Gasteiger partial charge in [0.15, 0.2) is 0 Å². The summed E-state index contributed by atoms with van der Waals surface area (Å²) in [5.41, 5.74) is 2.20. The maximum Gasteiger partial charge on any atom is 0.491 e. The molecule has 4 N–H and O–H groups in total. The lowest BCUT2D eigenvalue weighted by atomic mass is 9.79. The van der Waals surface area contributed by atoms with E-state index in [0.717, 1.165) is 5.56 Å². The van der Waals surface area contributed by atoms with Crippen LogP contribution in [0.2, 0.25) is 0 Å². The minimum atomic E-state index is -3.84. The predicted molar refractivity (Wildman–Crippen MR) is 88.6 cm³/mol. The standard InChI is InChI=1S/C14H12BN3O5S/c19-14-16-12-4-3-10(6-13(12)17-14)24(21,22)18-9-2-1-8-7-23-15(20)11(8)5-9/h1-6,18,20H,7H2,(H2,16,17,19). The molecule has 1 aliphatic heterocycles. The van der Waals surface area contributed by atoms with Gasteiger partial charge in [-0.15, -0.1) is 0 Å². The number of aromatic nitrogens is 2.